The number of hydrogen-bond acceptors (Lipinski definition) is 4. The fourth-order valence-corrected chi connectivity index (χ4v) is 4.70. The van der Waals surface area contributed by atoms with Crippen LogP contribution in [0.3, 0.4) is 0 Å². The van der Waals surface area contributed by atoms with Gasteiger partial charge in [-0.25, -0.2) is 8.78 Å². The van der Waals surface area contributed by atoms with E-state index in [0.717, 1.165) is 75.5 Å². The van der Waals surface area contributed by atoms with Crippen molar-refractivity contribution in [3.63, 3.8) is 0 Å². The Balaban J connectivity index is 0.000000769. The van der Waals surface area contributed by atoms with Crippen LogP contribution in [0, 0.1) is 17.6 Å². The Morgan fingerprint density at radius 3 is 2.17 bits per heavy atom. The number of Topliss-reactive ketones (excluding diaryl/α,β-unsaturated/α-hetero) is 1. The van der Waals surface area contributed by atoms with Crippen LogP contribution in [0.1, 0.15) is 107 Å². The van der Waals surface area contributed by atoms with E-state index >= 15 is 0 Å². The normalized spacial score (nSPS) is 17.3. The van der Waals surface area contributed by atoms with Crippen molar-refractivity contribution >= 4 is 11.5 Å². The van der Waals surface area contributed by atoms with Gasteiger partial charge >= 0.3 is 0 Å². The number of aliphatic imine (C=N–C) groups is 1. The molecule has 1 N–H and O–H groups in total. The molecule has 2 unspecified atom stereocenters. The Hall–Kier alpha value is -2.60. The SMILES string of the molecule is CCCC(C)=O.CCCc1cc(F)cc(F)c1.C\C=C(C(/C(C)=N/C=C/CC)=C(/C)N1CCNC(C)C1)\C(C)CC. The van der Waals surface area contributed by atoms with Crippen LogP contribution in [-0.2, 0) is 11.2 Å². The number of nitrogens with zero attached hydrogens (tertiary/aromatic N) is 2. The quantitative estimate of drug-likeness (QED) is 0.212. The number of benzene rings is 1. The molecule has 0 aliphatic carbocycles. The maximum absolute atomic E-state index is 12.5. The molecule has 0 amide bonds. The third-order valence-corrected chi connectivity index (χ3v) is 6.98. The van der Waals surface area contributed by atoms with Gasteiger partial charge in [-0.2, -0.15) is 0 Å². The molecule has 0 bridgehead atoms. The molecular formula is C35H57F2N3O. The molecule has 1 heterocycles. The van der Waals surface area contributed by atoms with Gasteiger partial charge in [-0.05, 0) is 89.5 Å². The van der Waals surface area contributed by atoms with Crippen molar-refractivity contribution in [1.82, 2.24) is 10.2 Å². The molecule has 0 spiro atoms. The lowest BCUT2D eigenvalue weighted by molar-refractivity contribution is -0.117. The van der Waals surface area contributed by atoms with E-state index < -0.39 is 11.6 Å². The van der Waals surface area contributed by atoms with E-state index in [9.17, 15) is 13.6 Å². The van der Waals surface area contributed by atoms with Crippen LogP contribution < -0.4 is 5.32 Å². The van der Waals surface area contributed by atoms with Gasteiger partial charge in [0.05, 0.1) is 0 Å². The summed E-state index contributed by atoms with van der Waals surface area (Å²) in [7, 11) is 0. The molecule has 4 nitrogen and oxygen atoms in total. The van der Waals surface area contributed by atoms with E-state index in [0.29, 0.717) is 12.0 Å². The second-order valence-corrected chi connectivity index (χ2v) is 10.8. The third-order valence-electron chi connectivity index (χ3n) is 6.98. The lowest BCUT2D eigenvalue weighted by atomic mass is 9.87. The Kier molecular flexibility index (Phi) is 20.7. The van der Waals surface area contributed by atoms with Gasteiger partial charge in [0, 0.05) is 61.3 Å². The first kappa shape index (κ1) is 38.4. The highest BCUT2D eigenvalue weighted by Crippen LogP contribution is 2.28. The van der Waals surface area contributed by atoms with Crippen molar-refractivity contribution in [1.29, 1.82) is 0 Å². The van der Waals surface area contributed by atoms with E-state index in [4.69, 9.17) is 4.99 Å². The van der Waals surface area contributed by atoms with E-state index in [2.05, 4.69) is 70.8 Å². The number of ketones is 1. The van der Waals surface area contributed by atoms with Gasteiger partial charge in [-0.3, -0.25) is 4.99 Å². The Morgan fingerprint density at radius 2 is 1.73 bits per heavy atom. The van der Waals surface area contributed by atoms with Gasteiger partial charge in [-0.15, -0.1) is 0 Å². The van der Waals surface area contributed by atoms with Crippen molar-refractivity contribution in [2.24, 2.45) is 10.9 Å². The van der Waals surface area contributed by atoms with Crippen LogP contribution in [0.5, 0.6) is 0 Å². The summed E-state index contributed by atoms with van der Waals surface area (Å²) in [6.45, 7) is 24.3. The fraction of sp³-hybridized carbons (Fsp3) is 0.600. The predicted octanol–water partition coefficient (Wildman–Crippen LogP) is 9.22. The Bertz CT molecular complexity index is 1010. The number of piperazine rings is 1. The fourth-order valence-electron chi connectivity index (χ4n) is 4.70. The molecule has 2 rings (SSSR count). The molecule has 1 aliphatic heterocycles. The number of rotatable bonds is 11. The molecule has 6 heteroatoms. The smallest absolute Gasteiger partial charge is 0.129 e. The number of halogens is 2. The molecule has 0 saturated carbocycles. The average Bonchev–Trinajstić information content (AvgIpc) is 2.91. The van der Waals surface area contributed by atoms with Gasteiger partial charge in [0.2, 0.25) is 0 Å². The molecule has 232 valence electrons. The van der Waals surface area contributed by atoms with Crippen molar-refractivity contribution < 1.29 is 13.6 Å². The second-order valence-electron chi connectivity index (χ2n) is 10.8. The highest BCUT2D eigenvalue weighted by Gasteiger charge is 2.22. The molecule has 0 aromatic heterocycles. The van der Waals surface area contributed by atoms with Crippen LogP contribution in [0.4, 0.5) is 8.78 Å². The van der Waals surface area contributed by atoms with Crippen LogP contribution >= 0.6 is 0 Å². The first-order valence-electron chi connectivity index (χ1n) is 15.4. The summed E-state index contributed by atoms with van der Waals surface area (Å²) in [6.07, 6.45) is 11.9. The lowest BCUT2D eigenvalue weighted by Gasteiger charge is -2.36. The summed E-state index contributed by atoms with van der Waals surface area (Å²) in [6, 6.07) is 4.16. The van der Waals surface area contributed by atoms with Crippen LogP contribution in [0.25, 0.3) is 0 Å². The standard InChI is InChI=1S/C21H37N3.C9H10F2.C5H10O/c1-8-11-12-23-18(6)21(20(10-3)16(4)9-2)19(7)24-14-13-22-17(5)15-24;1-2-3-7-4-8(10)6-9(11)5-7;1-3-4-5(2)6/h10-12,16-17,22H,8-9,13-15H2,1-7H3;4-6H,2-3H2,1H3;3-4H2,1-2H3/b12-11+,20-10-,21-19-,23-18+;;. The minimum absolute atomic E-state index is 0.289. The zero-order chi connectivity index (χ0) is 31.4. The molecule has 2 atom stereocenters. The monoisotopic (exact) mass is 573 g/mol. The van der Waals surface area contributed by atoms with E-state index in [-0.39, 0.29) is 5.78 Å². The molecular weight excluding hydrogens is 516 g/mol. The van der Waals surface area contributed by atoms with Gasteiger partial charge in [0.25, 0.3) is 0 Å². The van der Waals surface area contributed by atoms with Gasteiger partial charge < -0.3 is 15.0 Å². The molecule has 1 fully saturated rings. The van der Waals surface area contributed by atoms with Gasteiger partial charge in [0.1, 0.15) is 17.4 Å². The van der Waals surface area contributed by atoms with Crippen molar-refractivity contribution in [2.75, 3.05) is 19.6 Å². The molecule has 1 aromatic rings. The number of aryl methyl sites for hydroxylation is 1. The maximum atomic E-state index is 12.5. The Morgan fingerprint density at radius 1 is 1.10 bits per heavy atom. The number of allylic oxidation sites excluding steroid dienone is 5. The van der Waals surface area contributed by atoms with E-state index in [1.54, 1.807) is 6.92 Å². The van der Waals surface area contributed by atoms with Crippen LogP contribution in [0.15, 0.2) is 58.4 Å². The maximum Gasteiger partial charge on any atom is 0.129 e. The summed E-state index contributed by atoms with van der Waals surface area (Å²) in [5.41, 5.74) is 5.97. The number of carbonyl (C=O) groups excluding carboxylic acids is 1. The van der Waals surface area contributed by atoms with Crippen molar-refractivity contribution in [3.8, 4) is 0 Å². The average molecular weight is 574 g/mol. The lowest BCUT2D eigenvalue weighted by Crippen LogP contribution is -2.48. The number of carbonyl (C=O) groups is 1. The number of hydrogen-bond donors (Lipinski definition) is 1. The Labute approximate surface area is 250 Å². The number of nitrogens with one attached hydrogen (secondary N) is 1. The zero-order valence-electron chi connectivity index (χ0n) is 27.5. The van der Waals surface area contributed by atoms with E-state index in [1.807, 2.05) is 20.0 Å². The summed E-state index contributed by atoms with van der Waals surface area (Å²) in [5.74, 6) is -0.153. The van der Waals surface area contributed by atoms with E-state index in [1.165, 1.54) is 29.0 Å². The summed E-state index contributed by atoms with van der Waals surface area (Å²) in [4.78, 5) is 17.3. The second kappa shape index (κ2) is 22.1. The van der Waals surface area contributed by atoms with Crippen molar-refractivity contribution in [2.45, 2.75) is 114 Å². The summed E-state index contributed by atoms with van der Waals surface area (Å²) in [5, 5.41) is 3.53. The van der Waals surface area contributed by atoms with Gasteiger partial charge in [-0.1, -0.05) is 53.2 Å². The topological polar surface area (TPSA) is 44.7 Å². The largest absolute Gasteiger partial charge is 0.372 e. The molecule has 1 aromatic carbocycles. The van der Waals surface area contributed by atoms with Crippen LogP contribution in [-0.4, -0.2) is 42.1 Å². The van der Waals surface area contributed by atoms with Crippen LogP contribution in [0.2, 0.25) is 0 Å². The molecule has 41 heavy (non-hydrogen) atoms. The molecule has 1 aliphatic rings. The highest BCUT2D eigenvalue weighted by atomic mass is 19.1. The molecule has 1 saturated heterocycles. The zero-order valence-corrected chi connectivity index (χ0v) is 27.5. The third kappa shape index (κ3) is 15.8. The minimum Gasteiger partial charge on any atom is -0.372 e. The molecule has 0 radical (unpaired) electrons. The minimum atomic E-state index is -0.492. The highest BCUT2D eigenvalue weighted by molar-refractivity contribution is 6.03. The van der Waals surface area contributed by atoms with Crippen molar-refractivity contribution in [3.05, 3.63) is 70.6 Å². The van der Waals surface area contributed by atoms with Gasteiger partial charge in [0.15, 0.2) is 0 Å². The summed E-state index contributed by atoms with van der Waals surface area (Å²) >= 11 is 0. The summed E-state index contributed by atoms with van der Waals surface area (Å²) < 4.78 is 25.0. The predicted molar refractivity (Wildman–Crippen MR) is 173 cm³/mol. The first-order valence-corrected chi connectivity index (χ1v) is 15.4. The first-order chi connectivity index (χ1) is 19.4.